The van der Waals surface area contributed by atoms with E-state index >= 15 is 0 Å². The van der Waals surface area contributed by atoms with Crippen LogP contribution in [-0.4, -0.2) is 20.8 Å². The summed E-state index contributed by atoms with van der Waals surface area (Å²) in [5.41, 5.74) is 0. The normalized spacial score (nSPS) is 38.2. The van der Waals surface area contributed by atoms with Gasteiger partial charge in [-0.3, -0.25) is 4.18 Å². The fourth-order valence-corrected chi connectivity index (χ4v) is 3.65. The predicted octanol–water partition coefficient (Wildman–Crippen LogP) is 1.93. The van der Waals surface area contributed by atoms with Crippen molar-refractivity contribution in [2.45, 2.75) is 44.6 Å². The van der Waals surface area contributed by atoms with Gasteiger partial charge in [0.25, 0.3) is 10.1 Å². The van der Waals surface area contributed by atoms with Gasteiger partial charge in [-0.2, -0.15) is 8.42 Å². The van der Waals surface area contributed by atoms with Crippen molar-refractivity contribution in [2.24, 2.45) is 11.8 Å². The molecule has 82 valence electrons. The Bertz CT molecular complexity index is 282. The molecular weight excluding hydrogens is 200 g/mol. The van der Waals surface area contributed by atoms with E-state index in [4.69, 9.17) is 4.18 Å². The molecule has 2 aliphatic carbocycles. The molecule has 0 radical (unpaired) electrons. The van der Waals surface area contributed by atoms with Gasteiger partial charge in [-0.05, 0) is 24.7 Å². The molecule has 2 aliphatic rings. The summed E-state index contributed by atoms with van der Waals surface area (Å²) in [7, 11) is -3.25. The highest BCUT2D eigenvalue weighted by Crippen LogP contribution is 2.43. The van der Waals surface area contributed by atoms with Crippen LogP contribution >= 0.6 is 0 Å². The standard InChI is InChI=1S/C10H18O3S/c1-14(11,12)13-10-6-8-4-2-3-5-9(8)7-10/h8-10H,2-7H2,1H3. The van der Waals surface area contributed by atoms with E-state index in [2.05, 4.69) is 0 Å². The predicted molar refractivity (Wildman–Crippen MR) is 54.4 cm³/mol. The molecule has 2 saturated carbocycles. The molecule has 0 saturated heterocycles. The van der Waals surface area contributed by atoms with Gasteiger partial charge in [0.05, 0.1) is 12.4 Å². The first-order valence-corrected chi connectivity index (χ1v) is 7.24. The summed E-state index contributed by atoms with van der Waals surface area (Å²) < 4.78 is 27.0. The minimum Gasteiger partial charge on any atom is -0.267 e. The van der Waals surface area contributed by atoms with Gasteiger partial charge in [0, 0.05) is 0 Å². The van der Waals surface area contributed by atoms with Crippen molar-refractivity contribution in [1.29, 1.82) is 0 Å². The van der Waals surface area contributed by atoms with Gasteiger partial charge >= 0.3 is 0 Å². The highest BCUT2D eigenvalue weighted by Gasteiger charge is 2.37. The van der Waals surface area contributed by atoms with Crippen LogP contribution in [0.25, 0.3) is 0 Å². The fourth-order valence-electron chi connectivity index (χ4n) is 3.00. The lowest BCUT2D eigenvalue weighted by atomic mass is 9.82. The molecule has 0 aliphatic heterocycles. The monoisotopic (exact) mass is 218 g/mol. The van der Waals surface area contributed by atoms with Crippen molar-refractivity contribution in [2.75, 3.05) is 6.26 Å². The third-order valence-corrected chi connectivity index (χ3v) is 4.13. The van der Waals surface area contributed by atoms with E-state index < -0.39 is 10.1 Å². The third-order valence-electron chi connectivity index (χ3n) is 3.51. The maximum absolute atomic E-state index is 11.0. The number of hydrogen-bond acceptors (Lipinski definition) is 3. The van der Waals surface area contributed by atoms with Crippen LogP contribution in [0.5, 0.6) is 0 Å². The molecule has 0 aromatic heterocycles. The van der Waals surface area contributed by atoms with E-state index in [9.17, 15) is 8.42 Å². The van der Waals surface area contributed by atoms with Crippen molar-refractivity contribution >= 4 is 10.1 Å². The van der Waals surface area contributed by atoms with Gasteiger partial charge in [-0.15, -0.1) is 0 Å². The van der Waals surface area contributed by atoms with Crippen molar-refractivity contribution < 1.29 is 12.6 Å². The lowest BCUT2D eigenvalue weighted by Gasteiger charge is -2.23. The Balaban J connectivity index is 1.93. The summed E-state index contributed by atoms with van der Waals surface area (Å²) in [4.78, 5) is 0. The SMILES string of the molecule is CS(=O)(=O)OC1CC2CCCCC2C1. The van der Waals surface area contributed by atoms with Crippen LogP contribution in [0.2, 0.25) is 0 Å². The highest BCUT2D eigenvalue weighted by atomic mass is 32.2. The number of hydrogen-bond donors (Lipinski definition) is 0. The van der Waals surface area contributed by atoms with E-state index in [1.54, 1.807) is 0 Å². The molecule has 0 aromatic carbocycles. The average molecular weight is 218 g/mol. The van der Waals surface area contributed by atoms with Gasteiger partial charge in [0.15, 0.2) is 0 Å². The maximum atomic E-state index is 11.0. The van der Waals surface area contributed by atoms with Crippen LogP contribution in [0.15, 0.2) is 0 Å². The van der Waals surface area contributed by atoms with Crippen LogP contribution in [0, 0.1) is 11.8 Å². The molecule has 2 rings (SSSR count). The summed E-state index contributed by atoms with van der Waals surface area (Å²) >= 11 is 0. The second kappa shape index (κ2) is 3.81. The molecule has 0 heterocycles. The van der Waals surface area contributed by atoms with E-state index in [1.165, 1.54) is 25.7 Å². The van der Waals surface area contributed by atoms with Crippen molar-refractivity contribution in [3.8, 4) is 0 Å². The largest absolute Gasteiger partial charge is 0.267 e. The molecule has 0 bridgehead atoms. The Labute approximate surface area is 86.0 Å². The molecule has 0 aromatic rings. The molecule has 2 unspecified atom stereocenters. The molecule has 0 N–H and O–H groups in total. The lowest BCUT2D eigenvalue weighted by molar-refractivity contribution is 0.212. The zero-order valence-corrected chi connectivity index (χ0v) is 9.42. The molecule has 0 spiro atoms. The fraction of sp³-hybridized carbons (Fsp3) is 1.00. The minimum atomic E-state index is -3.25. The molecule has 2 atom stereocenters. The molecule has 14 heavy (non-hydrogen) atoms. The molecule has 0 amide bonds. The van der Waals surface area contributed by atoms with Gasteiger partial charge in [0.2, 0.25) is 0 Å². The van der Waals surface area contributed by atoms with Crippen LogP contribution in [0.3, 0.4) is 0 Å². The lowest BCUT2D eigenvalue weighted by Crippen LogP contribution is -2.14. The summed E-state index contributed by atoms with van der Waals surface area (Å²) in [6, 6.07) is 0. The molecule has 3 nitrogen and oxygen atoms in total. The summed E-state index contributed by atoms with van der Waals surface area (Å²) in [5.74, 6) is 1.46. The van der Waals surface area contributed by atoms with Crippen molar-refractivity contribution in [1.82, 2.24) is 0 Å². The first-order chi connectivity index (χ1) is 6.54. The smallest absolute Gasteiger partial charge is 0.264 e. The molecular formula is C10H18O3S. The Kier molecular flexibility index (Phi) is 2.84. The third kappa shape index (κ3) is 2.48. The van der Waals surface area contributed by atoms with Crippen LogP contribution in [0.1, 0.15) is 38.5 Å². The van der Waals surface area contributed by atoms with E-state index in [1.807, 2.05) is 0 Å². The Morgan fingerprint density at radius 3 is 2.00 bits per heavy atom. The first-order valence-electron chi connectivity index (χ1n) is 5.43. The average Bonchev–Trinajstić information content (AvgIpc) is 2.42. The number of fused-ring (bicyclic) bond motifs is 1. The Morgan fingerprint density at radius 2 is 1.57 bits per heavy atom. The van der Waals surface area contributed by atoms with Gasteiger partial charge in [-0.25, -0.2) is 0 Å². The first kappa shape index (κ1) is 10.4. The zero-order valence-electron chi connectivity index (χ0n) is 8.61. The van der Waals surface area contributed by atoms with Crippen LogP contribution in [-0.2, 0) is 14.3 Å². The quantitative estimate of drug-likeness (QED) is 0.665. The van der Waals surface area contributed by atoms with Gasteiger partial charge in [-0.1, -0.05) is 25.7 Å². The summed E-state index contributed by atoms with van der Waals surface area (Å²) in [6.07, 6.45) is 8.20. The summed E-state index contributed by atoms with van der Waals surface area (Å²) in [5, 5.41) is 0. The second-order valence-corrected chi connectivity index (χ2v) is 6.30. The van der Waals surface area contributed by atoms with Crippen molar-refractivity contribution in [3.05, 3.63) is 0 Å². The van der Waals surface area contributed by atoms with Crippen LogP contribution < -0.4 is 0 Å². The topological polar surface area (TPSA) is 43.4 Å². The van der Waals surface area contributed by atoms with E-state index in [0.717, 1.165) is 30.9 Å². The van der Waals surface area contributed by atoms with Gasteiger partial charge in [0.1, 0.15) is 0 Å². The number of rotatable bonds is 2. The van der Waals surface area contributed by atoms with Gasteiger partial charge < -0.3 is 0 Å². The Morgan fingerprint density at radius 1 is 1.07 bits per heavy atom. The van der Waals surface area contributed by atoms with Crippen LogP contribution in [0.4, 0.5) is 0 Å². The zero-order chi connectivity index (χ0) is 10.2. The Hall–Kier alpha value is -0.0900. The second-order valence-electron chi connectivity index (χ2n) is 4.70. The van der Waals surface area contributed by atoms with Crippen molar-refractivity contribution in [3.63, 3.8) is 0 Å². The minimum absolute atomic E-state index is 0.0295. The summed E-state index contributed by atoms with van der Waals surface area (Å²) in [6.45, 7) is 0. The van der Waals surface area contributed by atoms with E-state index in [0.29, 0.717) is 0 Å². The highest BCUT2D eigenvalue weighted by molar-refractivity contribution is 7.86. The van der Waals surface area contributed by atoms with E-state index in [-0.39, 0.29) is 6.10 Å². The maximum Gasteiger partial charge on any atom is 0.264 e. The molecule has 4 heteroatoms. The molecule has 2 fully saturated rings.